The smallest absolute Gasteiger partial charge is 0.244 e. The summed E-state index contributed by atoms with van der Waals surface area (Å²) in [5, 5.41) is 0. The van der Waals surface area contributed by atoms with Crippen LogP contribution in [0.5, 0.6) is 0 Å². The van der Waals surface area contributed by atoms with Crippen LogP contribution in [-0.4, -0.2) is 24.8 Å². The van der Waals surface area contributed by atoms with E-state index in [-0.39, 0.29) is 11.4 Å². The van der Waals surface area contributed by atoms with Gasteiger partial charge in [-0.05, 0) is 23.3 Å². The third kappa shape index (κ3) is 3.04. The molecule has 0 bridgehead atoms. The van der Waals surface area contributed by atoms with Crippen LogP contribution < -0.4 is 5.73 Å². The molecule has 0 aliphatic rings. The number of rotatable bonds is 5. The van der Waals surface area contributed by atoms with Crippen molar-refractivity contribution in [2.45, 2.75) is 18.0 Å². The molecule has 1 aromatic heterocycles. The fourth-order valence-electron chi connectivity index (χ4n) is 1.92. The van der Waals surface area contributed by atoms with Gasteiger partial charge in [-0.25, -0.2) is 8.42 Å². The van der Waals surface area contributed by atoms with Crippen LogP contribution in [-0.2, 0) is 23.1 Å². The highest BCUT2D eigenvalue weighted by molar-refractivity contribution is 7.89. The number of nitrogens with two attached hydrogens (primary N) is 1. The Bertz CT molecular complexity index is 672. The van der Waals surface area contributed by atoms with Crippen molar-refractivity contribution in [3.63, 3.8) is 0 Å². The van der Waals surface area contributed by atoms with Crippen LogP contribution in [0.4, 0.5) is 0 Å². The molecule has 0 unspecified atom stereocenters. The first-order valence-corrected chi connectivity index (χ1v) is 7.63. The van der Waals surface area contributed by atoms with E-state index in [1.807, 2.05) is 24.3 Å². The molecule has 0 aliphatic heterocycles. The summed E-state index contributed by atoms with van der Waals surface area (Å²) in [7, 11) is -1.98. The maximum atomic E-state index is 12.4. The second-order valence-corrected chi connectivity index (χ2v) is 6.47. The Balaban J connectivity index is 2.26. The molecule has 1 heterocycles. The summed E-state index contributed by atoms with van der Waals surface area (Å²) in [6, 6.07) is 10.7. The average Bonchev–Trinajstić information content (AvgIpc) is 2.48. The van der Waals surface area contributed by atoms with Gasteiger partial charge in [0.05, 0.1) is 0 Å². The van der Waals surface area contributed by atoms with E-state index in [1.165, 1.54) is 16.6 Å². The summed E-state index contributed by atoms with van der Waals surface area (Å²) in [5.41, 5.74) is 7.52. The van der Waals surface area contributed by atoms with E-state index in [9.17, 15) is 8.42 Å². The van der Waals surface area contributed by atoms with Crippen molar-refractivity contribution >= 4 is 10.0 Å². The summed E-state index contributed by atoms with van der Waals surface area (Å²) in [6.45, 7) is 0.668. The standard InChI is InChI=1S/C14H17N3O2S/c1-17(11-13-6-3-2-5-12(13)9-15)20(18,19)14-7-4-8-16-10-14/h2-8,10H,9,11,15H2,1H3. The van der Waals surface area contributed by atoms with Crippen molar-refractivity contribution in [2.75, 3.05) is 7.05 Å². The second-order valence-electron chi connectivity index (χ2n) is 4.42. The Hall–Kier alpha value is -1.76. The summed E-state index contributed by atoms with van der Waals surface area (Å²) >= 11 is 0. The summed E-state index contributed by atoms with van der Waals surface area (Å²) < 4.78 is 26.1. The molecule has 2 rings (SSSR count). The molecule has 0 saturated carbocycles. The highest BCUT2D eigenvalue weighted by atomic mass is 32.2. The molecule has 0 fully saturated rings. The highest BCUT2D eigenvalue weighted by Gasteiger charge is 2.21. The zero-order chi connectivity index (χ0) is 14.6. The third-order valence-electron chi connectivity index (χ3n) is 3.07. The highest BCUT2D eigenvalue weighted by Crippen LogP contribution is 2.17. The zero-order valence-corrected chi connectivity index (χ0v) is 12.0. The lowest BCUT2D eigenvalue weighted by molar-refractivity contribution is 0.465. The Labute approximate surface area is 119 Å². The quantitative estimate of drug-likeness (QED) is 0.902. The lowest BCUT2D eigenvalue weighted by atomic mass is 10.1. The molecule has 2 N–H and O–H groups in total. The number of hydrogen-bond donors (Lipinski definition) is 1. The molecule has 6 heteroatoms. The molecule has 20 heavy (non-hydrogen) atoms. The first-order valence-electron chi connectivity index (χ1n) is 6.19. The van der Waals surface area contributed by atoms with Crippen molar-refractivity contribution in [2.24, 2.45) is 5.73 Å². The number of pyridine rings is 1. The molecular formula is C14H17N3O2S. The first-order chi connectivity index (χ1) is 9.55. The van der Waals surface area contributed by atoms with E-state index >= 15 is 0 Å². The van der Waals surface area contributed by atoms with E-state index in [2.05, 4.69) is 4.98 Å². The molecule has 0 saturated heterocycles. The predicted molar refractivity (Wildman–Crippen MR) is 77.2 cm³/mol. The lowest BCUT2D eigenvalue weighted by Gasteiger charge is -2.18. The second kappa shape index (κ2) is 6.13. The first kappa shape index (κ1) is 14.6. The fourth-order valence-corrected chi connectivity index (χ4v) is 3.03. The monoisotopic (exact) mass is 291 g/mol. The third-order valence-corrected chi connectivity index (χ3v) is 4.86. The van der Waals surface area contributed by atoms with E-state index in [0.717, 1.165) is 11.1 Å². The molecule has 0 radical (unpaired) electrons. The van der Waals surface area contributed by atoms with Gasteiger partial charge in [0, 0.05) is 32.5 Å². The Kier molecular flexibility index (Phi) is 4.49. The molecule has 0 spiro atoms. The van der Waals surface area contributed by atoms with Gasteiger partial charge in [0.15, 0.2) is 0 Å². The lowest BCUT2D eigenvalue weighted by Crippen LogP contribution is -2.27. The van der Waals surface area contributed by atoms with Gasteiger partial charge in [-0.15, -0.1) is 0 Å². The number of aromatic nitrogens is 1. The molecule has 5 nitrogen and oxygen atoms in total. The molecule has 106 valence electrons. The van der Waals surface area contributed by atoms with Crippen LogP contribution in [0.25, 0.3) is 0 Å². The van der Waals surface area contributed by atoms with Crippen molar-refractivity contribution in [1.29, 1.82) is 0 Å². The Morgan fingerprint density at radius 2 is 1.85 bits per heavy atom. The number of benzene rings is 1. The van der Waals surface area contributed by atoms with Crippen LogP contribution >= 0.6 is 0 Å². The van der Waals surface area contributed by atoms with Crippen LogP contribution in [0.15, 0.2) is 53.7 Å². The van der Waals surface area contributed by atoms with Gasteiger partial charge in [-0.1, -0.05) is 24.3 Å². The largest absolute Gasteiger partial charge is 0.326 e. The fraction of sp³-hybridized carbons (Fsp3) is 0.214. The molecular weight excluding hydrogens is 274 g/mol. The summed E-state index contributed by atoms with van der Waals surface area (Å²) in [5.74, 6) is 0. The molecule has 0 amide bonds. The van der Waals surface area contributed by atoms with Gasteiger partial charge in [0.2, 0.25) is 10.0 Å². The van der Waals surface area contributed by atoms with Crippen molar-refractivity contribution in [3.8, 4) is 0 Å². The van der Waals surface area contributed by atoms with Crippen LogP contribution in [0.3, 0.4) is 0 Å². The normalized spacial score (nSPS) is 11.8. The van der Waals surface area contributed by atoms with Gasteiger partial charge in [-0.2, -0.15) is 4.31 Å². The summed E-state index contributed by atoms with van der Waals surface area (Å²) in [6.07, 6.45) is 2.89. The molecule has 0 aliphatic carbocycles. The average molecular weight is 291 g/mol. The number of nitrogens with zero attached hydrogens (tertiary/aromatic N) is 2. The zero-order valence-electron chi connectivity index (χ0n) is 11.2. The van der Waals surface area contributed by atoms with Gasteiger partial charge in [0.1, 0.15) is 4.90 Å². The Morgan fingerprint density at radius 1 is 1.15 bits per heavy atom. The van der Waals surface area contributed by atoms with E-state index < -0.39 is 10.0 Å². The van der Waals surface area contributed by atoms with Gasteiger partial charge in [-0.3, -0.25) is 4.98 Å². The minimum Gasteiger partial charge on any atom is -0.326 e. The molecule has 2 aromatic rings. The van der Waals surface area contributed by atoms with E-state index in [4.69, 9.17) is 5.73 Å². The minimum absolute atomic E-state index is 0.188. The number of hydrogen-bond acceptors (Lipinski definition) is 4. The maximum absolute atomic E-state index is 12.4. The maximum Gasteiger partial charge on any atom is 0.244 e. The van der Waals surface area contributed by atoms with Crippen molar-refractivity contribution < 1.29 is 8.42 Å². The predicted octanol–water partition coefficient (Wildman–Crippen LogP) is 1.36. The molecule has 0 atom stereocenters. The van der Waals surface area contributed by atoms with E-state index in [0.29, 0.717) is 6.54 Å². The van der Waals surface area contributed by atoms with Gasteiger partial charge < -0.3 is 5.73 Å². The van der Waals surface area contributed by atoms with Crippen molar-refractivity contribution in [1.82, 2.24) is 9.29 Å². The van der Waals surface area contributed by atoms with Crippen LogP contribution in [0.2, 0.25) is 0 Å². The topological polar surface area (TPSA) is 76.3 Å². The molecule has 1 aromatic carbocycles. The van der Waals surface area contributed by atoms with E-state index in [1.54, 1.807) is 19.3 Å². The number of sulfonamides is 1. The SMILES string of the molecule is CN(Cc1ccccc1CN)S(=O)(=O)c1cccnc1. The van der Waals surface area contributed by atoms with Gasteiger partial charge >= 0.3 is 0 Å². The van der Waals surface area contributed by atoms with Crippen molar-refractivity contribution in [3.05, 3.63) is 59.9 Å². The minimum atomic E-state index is -3.53. The van der Waals surface area contributed by atoms with Crippen LogP contribution in [0.1, 0.15) is 11.1 Å². The Morgan fingerprint density at radius 3 is 2.45 bits per heavy atom. The summed E-state index contributed by atoms with van der Waals surface area (Å²) in [4.78, 5) is 4.04. The van der Waals surface area contributed by atoms with Crippen LogP contribution in [0, 0.1) is 0 Å². The van der Waals surface area contributed by atoms with Gasteiger partial charge in [0.25, 0.3) is 0 Å².